The molecule has 1 aromatic carbocycles. The molecule has 3 rings (SSSR count). The maximum Gasteiger partial charge on any atom is 0.321 e. The van der Waals surface area contributed by atoms with Crippen LogP contribution in [0, 0.1) is 13.8 Å². The number of hydrogen-bond acceptors (Lipinski definition) is 3. The third-order valence-corrected chi connectivity index (χ3v) is 5.76. The highest BCUT2D eigenvalue weighted by Gasteiger charge is 2.32. The van der Waals surface area contributed by atoms with E-state index in [0.29, 0.717) is 12.1 Å². The summed E-state index contributed by atoms with van der Waals surface area (Å²) in [4.78, 5) is 19.7. The number of piperidine rings is 1. The van der Waals surface area contributed by atoms with Gasteiger partial charge in [0.15, 0.2) is 0 Å². The van der Waals surface area contributed by atoms with Gasteiger partial charge in [0.1, 0.15) is 0 Å². The summed E-state index contributed by atoms with van der Waals surface area (Å²) in [5.74, 6) is 0. The van der Waals surface area contributed by atoms with E-state index >= 15 is 0 Å². The summed E-state index contributed by atoms with van der Waals surface area (Å²) in [5, 5.41) is 3.10. The number of piperazine rings is 1. The van der Waals surface area contributed by atoms with Crippen LogP contribution in [0.25, 0.3) is 0 Å². The number of aryl methyl sites for hydroxylation is 2. The average Bonchev–Trinajstić information content (AvgIpc) is 2.59. The molecule has 138 valence electrons. The molecule has 2 aliphatic rings. The molecule has 0 unspecified atom stereocenters. The fourth-order valence-electron chi connectivity index (χ4n) is 4.09. The SMILES string of the molecule is Cc1ccc(C)c(NC(=O)N2CCN(C3CCN(C)CC3)[C@@H](C)C2)c1. The Labute approximate surface area is 152 Å². The number of likely N-dealkylation sites (tertiary alicyclic amines) is 1. The lowest BCUT2D eigenvalue weighted by molar-refractivity contribution is 0.0393. The van der Waals surface area contributed by atoms with Crippen LogP contribution in [0.5, 0.6) is 0 Å². The third-order valence-electron chi connectivity index (χ3n) is 5.76. The molecule has 1 aromatic rings. The van der Waals surface area contributed by atoms with E-state index in [-0.39, 0.29) is 6.03 Å². The van der Waals surface area contributed by atoms with Crippen molar-refractivity contribution in [3.05, 3.63) is 29.3 Å². The fourth-order valence-corrected chi connectivity index (χ4v) is 4.09. The smallest absolute Gasteiger partial charge is 0.321 e. The number of benzene rings is 1. The highest BCUT2D eigenvalue weighted by molar-refractivity contribution is 5.90. The van der Waals surface area contributed by atoms with Crippen LogP contribution in [0.15, 0.2) is 18.2 Å². The second kappa shape index (κ2) is 7.75. The van der Waals surface area contributed by atoms with Gasteiger partial charge in [-0.15, -0.1) is 0 Å². The van der Waals surface area contributed by atoms with Crippen molar-refractivity contribution in [2.75, 3.05) is 45.1 Å². The average molecular weight is 345 g/mol. The number of carbonyl (C=O) groups is 1. The van der Waals surface area contributed by atoms with Gasteiger partial charge in [0, 0.05) is 37.4 Å². The quantitative estimate of drug-likeness (QED) is 0.896. The molecular formula is C20H32N4O. The molecule has 0 radical (unpaired) electrons. The van der Waals surface area contributed by atoms with Crippen molar-refractivity contribution in [2.45, 2.75) is 45.7 Å². The van der Waals surface area contributed by atoms with Gasteiger partial charge in [-0.25, -0.2) is 4.79 Å². The number of carbonyl (C=O) groups excluding carboxylic acids is 1. The fraction of sp³-hybridized carbons (Fsp3) is 0.650. The Morgan fingerprint density at radius 1 is 1.12 bits per heavy atom. The van der Waals surface area contributed by atoms with Gasteiger partial charge in [-0.3, -0.25) is 4.90 Å². The Bertz CT molecular complexity index is 610. The highest BCUT2D eigenvalue weighted by Crippen LogP contribution is 2.22. The summed E-state index contributed by atoms with van der Waals surface area (Å²) >= 11 is 0. The van der Waals surface area contributed by atoms with Crippen molar-refractivity contribution in [3.63, 3.8) is 0 Å². The van der Waals surface area contributed by atoms with Gasteiger partial charge in [-0.05, 0) is 70.9 Å². The van der Waals surface area contributed by atoms with E-state index in [2.05, 4.69) is 48.1 Å². The molecule has 1 N–H and O–H groups in total. The molecule has 2 amide bonds. The molecule has 0 aromatic heterocycles. The summed E-state index contributed by atoms with van der Waals surface area (Å²) in [6.07, 6.45) is 2.49. The van der Waals surface area contributed by atoms with E-state index in [1.165, 1.54) is 31.5 Å². The van der Waals surface area contributed by atoms with Gasteiger partial charge in [0.05, 0.1) is 0 Å². The van der Waals surface area contributed by atoms with Crippen LogP contribution in [-0.2, 0) is 0 Å². The van der Waals surface area contributed by atoms with E-state index < -0.39 is 0 Å². The lowest BCUT2D eigenvalue weighted by Crippen LogP contribution is -2.58. The Morgan fingerprint density at radius 2 is 1.84 bits per heavy atom. The largest absolute Gasteiger partial charge is 0.322 e. The first-order chi connectivity index (χ1) is 11.9. The van der Waals surface area contributed by atoms with Crippen LogP contribution in [0.3, 0.4) is 0 Å². The molecular weight excluding hydrogens is 312 g/mol. The molecule has 0 spiro atoms. The molecule has 2 heterocycles. The number of nitrogens with one attached hydrogen (secondary N) is 1. The molecule has 2 aliphatic heterocycles. The van der Waals surface area contributed by atoms with Crippen LogP contribution < -0.4 is 5.32 Å². The minimum atomic E-state index is 0.0311. The van der Waals surface area contributed by atoms with Gasteiger partial charge >= 0.3 is 6.03 Å². The maximum atomic E-state index is 12.7. The second-order valence-corrected chi connectivity index (χ2v) is 7.82. The number of nitrogens with zero attached hydrogens (tertiary/aromatic N) is 3. The van der Waals surface area contributed by atoms with E-state index in [1.807, 2.05) is 17.9 Å². The van der Waals surface area contributed by atoms with Crippen molar-refractivity contribution in [3.8, 4) is 0 Å². The summed E-state index contributed by atoms with van der Waals surface area (Å²) in [6, 6.07) is 7.32. The van der Waals surface area contributed by atoms with Crippen LogP contribution in [0.1, 0.15) is 30.9 Å². The molecule has 5 nitrogen and oxygen atoms in total. The van der Waals surface area contributed by atoms with Gasteiger partial charge in [-0.2, -0.15) is 0 Å². The second-order valence-electron chi connectivity index (χ2n) is 7.82. The Morgan fingerprint density at radius 3 is 2.52 bits per heavy atom. The molecule has 5 heteroatoms. The predicted octanol–water partition coefficient (Wildman–Crippen LogP) is 2.94. The third kappa shape index (κ3) is 4.33. The predicted molar refractivity (Wildman–Crippen MR) is 103 cm³/mol. The maximum absolute atomic E-state index is 12.7. The van der Waals surface area contributed by atoms with Crippen LogP contribution in [0.2, 0.25) is 0 Å². The van der Waals surface area contributed by atoms with E-state index in [4.69, 9.17) is 0 Å². The minimum absolute atomic E-state index is 0.0311. The standard InChI is InChI=1S/C20H32N4O/c1-15-5-6-16(2)19(13-15)21-20(25)23-11-12-24(17(3)14-23)18-7-9-22(4)10-8-18/h5-6,13,17-18H,7-12,14H2,1-4H3,(H,21,25)/t17-/m0/s1. The Hall–Kier alpha value is -1.59. The molecule has 0 aliphatic carbocycles. The molecule has 0 bridgehead atoms. The van der Waals surface area contributed by atoms with Crippen molar-refractivity contribution in [2.24, 2.45) is 0 Å². The molecule has 1 atom stereocenters. The van der Waals surface area contributed by atoms with Crippen LogP contribution >= 0.6 is 0 Å². The summed E-state index contributed by atoms with van der Waals surface area (Å²) in [6.45, 7) is 11.3. The topological polar surface area (TPSA) is 38.8 Å². The van der Waals surface area contributed by atoms with E-state index in [1.54, 1.807) is 0 Å². The molecule has 0 saturated carbocycles. The summed E-state index contributed by atoms with van der Waals surface area (Å²) in [7, 11) is 2.20. The Kier molecular flexibility index (Phi) is 5.64. The number of amides is 2. The lowest BCUT2D eigenvalue weighted by atomic mass is 10.0. The first kappa shape index (κ1) is 18.2. The summed E-state index contributed by atoms with van der Waals surface area (Å²) < 4.78 is 0. The molecule has 25 heavy (non-hydrogen) atoms. The highest BCUT2D eigenvalue weighted by atomic mass is 16.2. The normalized spacial score (nSPS) is 23.7. The number of rotatable bonds is 2. The van der Waals surface area contributed by atoms with Crippen molar-refractivity contribution >= 4 is 11.7 Å². The zero-order chi connectivity index (χ0) is 18.0. The first-order valence-electron chi connectivity index (χ1n) is 9.51. The van der Waals surface area contributed by atoms with Crippen molar-refractivity contribution < 1.29 is 4.79 Å². The Balaban J connectivity index is 1.57. The van der Waals surface area contributed by atoms with Crippen LogP contribution in [0.4, 0.5) is 10.5 Å². The number of hydrogen-bond donors (Lipinski definition) is 1. The van der Waals surface area contributed by atoms with E-state index in [0.717, 1.165) is 30.9 Å². The summed E-state index contributed by atoms with van der Waals surface area (Å²) in [5.41, 5.74) is 3.20. The van der Waals surface area contributed by atoms with Gasteiger partial charge in [-0.1, -0.05) is 12.1 Å². The van der Waals surface area contributed by atoms with Gasteiger partial charge in [0.25, 0.3) is 0 Å². The van der Waals surface area contributed by atoms with Gasteiger partial charge in [0.2, 0.25) is 0 Å². The monoisotopic (exact) mass is 344 g/mol. The van der Waals surface area contributed by atoms with Gasteiger partial charge < -0.3 is 15.1 Å². The zero-order valence-electron chi connectivity index (χ0n) is 16.1. The van der Waals surface area contributed by atoms with Crippen molar-refractivity contribution in [1.29, 1.82) is 0 Å². The number of anilines is 1. The number of urea groups is 1. The molecule has 2 fully saturated rings. The first-order valence-corrected chi connectivity index (χ1v) is 9.51. The van der Waals surface area contributed by atoms with E-state index in [9.17, 15) is 4.79 Å². The zero-order valence-corrected chi connectivity index (χ0v) is 16.1. The van der Waals surface area contributed by atoms with Crippen molar-refractivity contribution in [1.82, 2.24) is 14.7 Å². The minimum Gasteiger partial charge on any atom is -0.322 e. The molecule has 2 saturated heterocycles. The van der Waals surface area contributed by atoms with Crippen LogP contribution in [-0.4, -0.2) is 72.6 Å². The lowest BCUT2D eigenvalue weighted by Gasteiger charge is -2.46.